The summed E-state index contributed by atoms with van der Waals surface area (Å²) in [6.07, 6.45) is 3.41. The lowest BCUT2D eigenvalue weighted by Gasteiger charge is -2.25. The van der Waals surface area contributed by atoms with Crippen LogP contribution in [-0.4, -0.2) is 47.4 Å². The van der Waals surface area contributed by atoms with Crippen LogP contribution in [0.25, 0.3) is 16.7 Å². The molecule has 0 saturated carbocycles. The highest BCUT2D eigenvalue weighted by Crippen LogP contribution is 2.43. The number of para-hydroxylation sites is 1. The van der Waals surface area contributed by atoms with Gasteiger partial charge in [-0.25, -0.2) is 0 Å². The zero-order valence-electron chi connectivity index (χ0n) is 18.3. The normalized spacial score (nSPS) is 17.8. The Kier molecular flexibility index (Phi) is 5.90. The molecule has 0 aliphatic carbocycles. The maximum atomic E-state index is 13.2. The first-order valence-electron chi connectivity index (χ1n) is 10.6. The molecule has 1 aliphatic heterocycles. The fourth-order valence-electron chi connectivity index (χ4n) is 4.23. The first-order chi connectivity index (χ1) is 15.5. The minimum absolute atomic E-state index is 0.0439. The maximum Gasteiger partial charge on any atom is 0.295 e. The number of rotatable bonds is 7. The summed E-state index contributed by atoms with van der Waals surface area (Å²) in [4.78, 5) is 31.0. The van der Waals surface area contributed by atoms with E-state index in [0.717, 1.165) is 29.3 Å². The van der Waals surface area contributed by atoms with Crippen molar-refractivity contribution in [3.05, 3.63) is 65.4 Å². The predicted octanol–water partition coefficient (Wildman–Crippen LogP) is 4.41. The van der Waals surface area contributed by atoms with Crippen molar-refractivity contribution in [2.24, 2.45) is 0 Å². The van der Waals surface area contributed by atoms with E-state index in [-0.39, 0.29) is 11.3 Å². The molecule has 2 N–H and O–H groups in total. The number of H-pyrrole nitrogens is 1. The maximum absolute atomic E-state index is 13.2. The number of unbranched alkanes of at least 4 members (excludes halogenated alkanes) is 1. The SMILES string of the molecule is CCCCN1C(=O)C(=O)/C(=C(/O)c2cc(OC)ccc2OC)C1c1c[nH]c2ccccc12. The number of methoxy groups -OCH3 is 2. The summed E-state index contributed by atoms with van der Waals surface area (Å²) in [6, 6.07) is 11.9. The van der Waals surface area contributed by atoms with Gasteiger partial charge in [0, 0.05) is 29.2 Å². The Morgan fingerprint density at radius 1 is 1.12 bits per heavy atom. The van der Waals surface area contributed by atoms with Crippen molar-refractivity contribution in [2.45, 2.75) is 25.8 Å². The topological polar surface area (TPSA) is 91.9 Å². The minimum atomic E-state index is -0.714. The molecule has 1 atom stereocenters. The van der Waals surface area contributed by atoms with Gasteiger partial charge < -0.3 is 24.5 Å². The van der Waals surface area contributed by atoms with Gasteiger partial charge in [-0.1, -0.05) is 31.5 Å². The van der Waals surface area contributed by atoms with E-state index in [1.165, 1.54) is 14.2 Å². The zero-order valence-corrected chi connectivity index (χ0v) is 18.3. The molecule has 0 bridgehead atoms. The third-order valence-corrected chi connectivity index (χ3v) is 5.87. The Morgan fingerprint density at radius 2 is 1.91 bits per heavy atom. The Labute approximate surface area is 186 Å². The molecule has 166 valence electrons. The second-order valence-electron chi connectivity index (χ2n) is 7.70. The van der Waals surface area contributed by atoms with E-state index in [4.69, 9.17) is 9.47 Å². The minimum Gasteiger partial charge on any atom is -0.507 e. The molecule has 7 heteroatoms. The molecule has 3 aromatic rings. The molecule has 32 heavy (non-hydrogen) atoms. The molecule has 1 unspecified atom stereocenters. The van der Waals surface area contributed by atoms with E-state index in [9.17, 15) is 14.7 Å². The van der Waals surface area contributed by atoms with Crippen molar-refractivity contribution in [2.75, 3.05) is 20.8 Å². The molecular weight excluding hydrogens is 408 g/mol. The van der Waals surface area contributed by atoms with Crippen LogP contribution in [0.2, 0.25) is 0 Å². The third kappa shape index (κ3) is 3.49. The van der Waals surface area contributed by atoms with Gasteiger partial charge in [0.05, 0.1) is 31.4 Å². The number of ether oxygens (including phenoxy) is 2. The number of aromatic nitrogens is 1. The van der Waals surface area contributed by atoms with Crippen LogP contribution in [0.3, 0.4) is 0 Å². The molecule has 0 spiro atoms. The second-order valence-corrected chi connectivity index (χ2v) is 7.70. The molecule has 1 saturated heterocycles. The number of nitrogens with one attached hydrogen (secondary N) is 1. The number of Topliss-reactive ketones (excluding diaryl/α,β-unsaturated/α-hetero) is 1. The van der Waals surface area contributed by atoms with Crippen LogP contribution < -0.4 is 9.47 Å². The quantitative estimate of drug-likeness (QED) is 0.327. The van der Waals surface area contributed by atoms with E-state index in [1.807, 2.05) is 31.2 Å². The molecular formula is C25H26N2O5. The number of aromatic amines is 1. The van der Waals surface area contributed by atoms with Crippen LogP contribution in [-0.2, 0) is 9.59 Å². The van der Waals surface area contributed by atoms with Crippen LogP contribution in [0.5, 0.6) is 11.5 Å². The number of amides is 1. The van der Waals surface area contributed by atoms with E-state index < -0.39 is 17.7 Å². The summed E-state index contributed by atoms with van der Waals surface area (Å²) in [7, 11) is 3.00. The highest BCUT2D eigenvalue weighted by molar-refractivity contribution is 6.46. The number of benzene rings is 2. The molecule has 1 amide bonds. The van der Waals surface area contributed by atoms with Gasteiger partial charge in [0.25, 0.3) is 11.7 Å². The highest BCUT2D eigenvalue weighted by Gasteiger charge is 2.46. The van der Waals surface area contributed by atoms with E-state index in [1.54, 1.807) is 29.3 Å². The molecule has 2 heterocycles. The van der Waals surface area contributed by atoms with Gasteiger partial charge in [0.15, 0.2) is 0 Å². The van der Waals surface area contributed by atoms with E-state index in [0.29, 0.717) is 23.6 Å². The predicted molar refractivity (Wildman–Crippen MR) is 122 cm³/mol. The van der Waals surface area contributed by atoms with Crippen molar-refractivity contribution in [1.29, 1.82) is 0 Å². The number of hydrogen-bond acceptors (Lipinski definition) is 5. The molecule has 2 aromatic carbocycles. The smallest absolute Gasteiger partial charge is 0.295 e. The van der Waals surface area contributed by atoms with Gasteiger partial charge in [-0.15, -0.1) is 0 Å². The summed E-state index contributed by atoms with van der Waals surface area (Å²) in [6.45, 7) is 2.44. The standard InChI is InChI=1S/C25H26N2O5/c1-4-5-12-27-22(18-14-26-19-9-7-6-8-16(18)19)21(24(29)25(27)30)23(28)17-13-15(31-2)10-11-20(17)32-3/h6-11,13-14,22,26,28H,4-5,12H2,1-3H3/b23-21+. The summed E-state index contributed by atoms with van der Waals surface area (Å²) in [5, 5.41) is 12.3. The summed E-state index contributed by atoms with van der Waals surface area (Å²) < 4.78 is 10.7. The van der Waals surface area contributed by atoms with Crippen molar-refractivity contribution < 1.29 is 24.2 Å². The van der Waals surface area contributed by atoms with Crippen LogP contribution in [0.1, 0.15) is 36.9 Å². The summed E-state index contributed by atoms with van der Waals surface area (Å²) >= 11 is 0. The fraction of sp³-hybridized carbons (Fsp3) is 0.280. The number of ketones is 1. The average Bonchev–Trinajstić information content (AvgIpc) is 3.35. The van der Waals surface area contributed by atoms with Crippen molar-refractivity contribution in [3.63, 3.8) is 0 Å². The van der Waals surface area contributed by atoms with Gasteiger partial charge in [0.2, 0.25) is 0 Å². The number of hydrogen-bond donors (Lipinski definition) is 2. The van der Waals surface area contributed by atoms with Crippen molar-refractivity contribution in [1.82, 2.24) is 9.88 Å². The first-order valence-corrected chi connectivity index (χ1v) is 10.6. The lowest BCUT2D eigenvalue weighted by Crippen LogP contribution is -2.30. The number of aliphatic hydroxyl groups is 1. The molecule has 1 aliphatic rings. The highest BCUT2D eigenvalue weighted by atomic mass is 16.5. The van der Waals surface area contributed by atoms with Crippen LogP contribution in [0.15, 0.2) is 54.2 Å². The fourth-order valence-corrected chi connectivity index (χ4v) is 4.23. The first kappa shape index (κ1) is 21.5. The molecule has 4 rings (SSSR count). The zero-order chi connectivity index (χ0) is 22.8. The number of carbonyl (C=O) groups is 2. The van der Waals surface area contributed by atoms with Crippen LogP contribution >= 0.6 is 0 Å². The van der Waals surface area contributed by atoms with Gasteiger partial charge in [-0.3, -0.25) is 9.59 Å². The lowest BCUT2D eigenvalue weighted by molar-refractivity contribution is -0.139. The van der Waals surface area contributed by atoms with Gasteiger partial charge >= 0.3 is 0 Å². The van der Waals surface area contributed by atoms with Crippen molar-refractivity contribution in [3.8, 4) is 11.5 Å². The Morgan fingerprint density at radius 3 is 2.62 bits per heavy atom. The number of carbonyl (C=O) groups excluding carboxylic acids is 2. The Balaban J connectivity index is 1.96. The summed E-state index contributed by atoms with van der Waals surface area (Å²) in [5.74, 6) is -0.735. The lowest BCUT2D eigenvalue weighted by atomic mass is 9.94. The second kappa shape index (κ2) is 8.78. The molecule has 1 aromatic heterocycles. The molecule has 0 radical (unpaired) electrons. The van der Waals surface area contributed by atoms with Gasteiger partial charge in [-0.2, -0.15) is 0 Å². The number of nitrogens with zero attached hydrogens (tertiary/aromatic N) is 1. The van der Waals surface area contributed by atoms with Crippen LogP contribution in [0.4, 0.5) is 0 Å². The van der Waals surface area contributed by atoms with Gasteiger partial charge in [-0.05, 0) is 30.7 Å². The van der Waals surface area contributed by atoms with Crippen molar-refractivity contribution >= 4 is 28.4 Å². The van der Waals surface area contributed by atoms with Gasteiger partial charge in [0.1, 0.15) is 17.3 Å². The molecule has 1 fully saturated rings. The Hall–Kier alpha value is -3.74. The Bertz CT molecular complexity index is 1210. The number of aliphatic hydroxyl groups excluding tert-OH is 1. The number of fused-ring (bicyclic) bond motifs is 1. The van der Waals surface area contributed by atoms with E-state index in [2.05, 4.69) is 4.98 Å². The molecule has 7 nitrogen and oxygen atoms in total. The number of likely N-dealkylation sites (tertiary alicyclic amines) is 1. The monoisotopic (exact) mass is 434 g/mol. The summed E-state index contributed by atoms with van der Waals surface area (Å²) in [5.41, 5.74) is 1.99. The third-order valence-electron chi connectivity index (χ3n) is 5.87. The van der Waals surface area contributed by atoms with Crippen LogP contribution in [0, 0.1) is 0 Å². The average molecular weight is 434 g/mol. The van der Waals surface area contributed by atoms with E-state index >= 15 is 0 Å². The largest absolute Gasteiger partial charge is 0.507 e.